The first-order valence-corrected chi connectivity index (χ1v) is 10.1. The van der Waals surface area contributed by atoms with Crippen LogP contribution in [-0.4, -0.2) is 30.4 Å². The molecule has 2 heterocycles. The monoisotopic (exact) mass is 432 g/mol. The lowest BCUT2D eigenvalue weighted by molar-refractivity contribution is -0.137. The summed E-state index contributed by atoms with van der Waals surface area (Å²) < 4.78 is 39.5. The van der Waals surface area contributed by atoms with Gasteiger partial charge in [-0.2, -0.15) is 24.5 Å². The number of carbonyl (C=O) groups excluding carboxylic acids is 1. The predicted octanol–water partition coefficient (Wildman–Crippen LogP) is 5.54. The van der Waals surface area contributed by atoms with Crippen molar-refractivity contribution >= 4 is 29.7 Å². The number of halogens is 4. The molecule has 1 N–H and O–H groups in total. The highest BCUT2D eigenvalue weighted by molar-refractivity contribution is 7.07. The summed E-state index contributed by atoms with van der Waals surface area (Å²) in [6.45, 7) is 2.17. The average Bonchev–Trinajstić information content (AvgIpc) is 3.04. The third-order valence-electron chi connectivity index (χ3n) is 4.94. The van der Waals surface area contributed by atoms with Crippen molar-refractivity contribution in [3.63, 3.8) is 0 Å². The Labute approximate surface area is 173 Å². The van der Waals surface area contributed by atoms with Gasteiger partial charge < -0.3 is 5.32 Å². The van der Waals surface area contributed by atoms with Crippen molar-refractivity contribution < 1.29 is 18.0 Å². The molecule has 0 radical (unpaired) electrons. The second kappa shape index (κ2) is 10.3. The second-order valence-corrected chi connectivity index (χ2v) is 7.56. The van der Waals surface area contributed by atoms with Crippen LogP contribution in [0.4, 0.5) is 13.2 Å². The number of nitrogens with one attached hydrogen (secondary N) is 1. The number of likely N-dealkylation sites (tertiary alicyclic amines) is 1. The lowest BCUT2D eigenvalue weighted by Crippen LogP contribution is -2.39. The molecule has 1 aliphatic heterocycles. The number of hydrogen-bond acceptors (Lipinski definition) is 3. The highest BCUT2D eigenvalue weighted by Gasteiger charge is 2.35. The number of amides is 1. The van der Waals surface area contributed by atoms with Crippen LogP contribution in [0.3, 0.4) is 0 Å². The second-order valence-electron chi connectivity index (χ2n) is 6.78. The molecule has 0 bridgehead atoms. The number of carbonyl (C=O) groups is 1. The molecule has 1 aliphatic rings. The maximum Gasteiger partial charge on any atom is 0.417 e. The van der Waals surface area contributed by atoms with Crippen molar-refractivity contribution in [1.82, 2.24) is 10.2 Å². The zero-order valence-electron chi connectivity index (χ0n) is 15.4. The van der Waals surface area contributed by atoms with Gasteiger partial charge in [-0.1, -0.05) is 25.0 Å². The Morgan fingerprint density at radius 3 is 2.39 bits per heavy atom. The van der Waals surface area contributed by atoms with Crippen LogP contribution in [0.2, 0.25) is 0 Å². The number of alkyl halides is 3. The summed E-state index contributed by atoms with van der Waals surface area (Å²) in [4.78, 5) is 14.8. The minimum absolute atomic E-state index is 0. The summed E-state index contributed by atoms with van der Waals surface area (Å²) in [6, 6.07) is 6.93. The summed E-state index contributed by atoms with van der Waals surface area (Å²) in [5.41, 5.74) is -0.124. The van der Waals surface area contributed by atoms with Crippen molar-refractivity contribution in [3.05, 3.63) is 57.8 Å². The van der Waals surface area contributed by atoms with Crippen LogP contribution in [0.25, 0.3) is 0 Å². The molecule has 1 unspecified atom stereocenters. The molecule has 0 saturated carbocycles. The molecule has 0 aliphatic carbocycles. The van der Waals surface area contributed by atoms with Crippen molar-refractivity contribution in [3.8, 4) is 0 Å². The van der Waals surface area contributed by atoms with Crippen molar-refractivity contribution in [2.24, 2.45) is 0 Å². The first kappa shape index (κ1) is 22.7. The molecule has 3 nitrogen and oxygen atoms in total. The van der Waals surface area contributed by atoms with Gasteiger partial charge in [-0.25, -0.2) is 0 Å². The minimum Gasteiger partial charge on any atom is -0.350 e. The number of hydrogen-bond donors (Lipinski definition) is 1. The third kappa shape index (κ3) is 5.72. The van der Waals surface area contributed by atoms with Crippen LogP contribution in [0.15, 0.2) is 41.1 Å². The Kier molecular flexibility index (Phi) is 8.34. The first-order chi connectivity index (χ1) is 13.0. The molecule has 0 spiro atoms. The lowest BCUT2D eigenvalue weighted by atomic mass is 10.1. The van der Waals surface area contributed by atoms with Crippen LogP contribution < -0.4 is 5.32 Å². The fourth-order valence-corrected chi connectivity index (χ4v) is 4.25. The number of thiophene rings is 1. The van der Waals surface area contributed by atoms with Crippen molar-refractivity contribution in [2.45, 2.75) is 37.9 Å². The van der Waals surface area contributed by atoms with E-state index in [0.29, 0.717) is 6.54 Å². The molecular weight excluding hydrogens is 409 g/mol. The maximum absolute atomic E-state index is 13.2. The van der Waals surface area contributed by atoms with Crippen LogP contribution in [0, 0.1) is 0 Å². The van der Waals surface area contributed by atoms with Gasteiger partial charge in [-0.3, -0.25) is 9.69 Å². The zero-order chi connectivity index (χ0) is 19.3. The Morgan fingerprint density at radius 1 is 1.11 bits per heavy atom. The van der Waals surface area contributed by atoms with Gasteiger partial charge in [-0.15, -0.1) is 12.4 Å². The average molecular weight is 433 g/mol. The summed E-state index contributed by atoms with van der Waals surface area (Å²) in [7, 11) is 0. The van der Waals surface area contributed by atoms with E-state index in [2.05, 4.69) is 10.2 Å². The quantitative estimate of drug-likeness (QED) is 0.673. The Balaban J connectivity index is 0.00000280. The standard InChI is InChI=1S/C20H23F3N2OS.ClH/c21-20(22,23)17-8-4-3-7-16(17)19(26)24-13-18(15-9-12-27-14-15)25-10-5-1-2-6-11-25;/h3-4,7-9,12,14,18H,1-2,5-6,10-11,13H2,(H,24,26);1H. The van der Waals surface area contributed by atoms with E-state index in [0.717, 1.165) is 37.6 Å². The Hall–Kier alpha value is -1.57. The van der Waals surface area contributed by atoms with Crippen LogP contribution in [-0.2, 0) is 6.18 Å². The van der Waals surface area contributed by atoms with Gasteiger partial charge in [0.2, 0.25) is 0 Å². The smallest absolute Gasteiger partial charge is 0.350 e. The van der Waals surface area contributed by atoms with E-state index in [4.69, 9.17) is 0 Å². The first-order valence-electron chi connectivity index (χ1n) is 9.17. The topological polar surface area (TPSA) is 32.3 Å². The third-order valence-corrected chi connectivity index (χ3v) is 5.64. The number of benzene rings is 1. The van der Waals surface area contributed by atoms with E-state index in [1.807, 2.05) is 16.8 Å². The number of rotatable bonds is 5. The summed E-state index contributed by atoms with van der Waals surface area (Å²) in [6.07, 6.45) is 0.0405. The molecular formula is C20H24ClF3N2OS. The molecule has 1 aromatic carbocycles. The van der Waals surface area contributed by atoms with E-state index >= 15 is 0 Å². The molecule has 1 atom stereocenters. The molecule has 28 heavy (non-hydrogen) atoms. The summed E-state index contributed by atoms with van der Waals surface area (Å²) in [5.74, 6) is -0.682. The Bertz CT molecular complexity index is 744. The molecule has 1 saturated heterocycles. The fourth-order valence-electron chi connectivity index (χ4n) is 3.54. The predicted molar refractivity (Wildman–Crippen MR) is 108 cm³/mol. The van der Waals surface area contributed by atoms with Gasteiger partial charge in [0.1, 0.15) is 0 Å². The van der Waals surface area contributed by atoms with Crippen LogP contribution in [0.1, 0.15) is 53.2 Å². The molecule has 1 aromatic heterocycles. The molecule has 154 valence electrons. The summed E-state index contributed by atoms with van der Waals surface area (Å²) in [5, 5.41) is 6.78. The van der Waals surface area contributed by atoms with Gasteiger partial charge >= 0.3 is 6.18 Å². The number of nitrogens with zero attached hydrogens (tertiary/aromatic N) is 1. The van der Waals surface area contributed by atoms with Crippen LogP contribution >= 0.6 is 23.7 Å². The Morgan fingerprint density at radius 2 is 1.79 bits per heavy atom. The van der Waals surface area contributed by atoms with Crippen molar-refractivity contribution in [2.75, 3.05) is 19.6 Å². The van der Waals surface area contributed by atoms with Gasteiger partial charge in [0.25, 0.3) is 5.91 Å². The molecule has 2 aromatic rings. The molecule has 1 fully saturated rings. The highest BCUT2D eigenvalue weighted by atomic mass is 35.5. The maximum atomic E-state index is 13.2. The van der Waals surface area contributed by atoms with E-state index < -0.39 is 17.6 Å². The highest BCUT2D eigenvalue weighted by Crippen LogP contribution is 2.32. The van der Waals surface area contributed by atoms with Gasteiger partial charge in [0.05, 0.1) is 17.2 Å². The van der Waals surface area contributed by atoms with Gasteiger partial charge in [0, 0.05) is 6.54 Å². The van der Waals surface area contributed by atoms with E-state index in [1.54, 1.807) is 11.3 Å². The van der Waals surface area contributed by atoms with Crippen LogP contribution in [0.5, 0.6) is 0 Å². The molecule has 8 heteroatoms. The molecule has 1 amide bonds. The van der Waals surface area contributed by atoms with Gasteiger partial charge in [-0.05, 0) is 60.5 Å². The normalized spacial score (nSPS) is 16.7. The summed E-state index contributed by atoms with van der Waals surface area (Å²) >= 11 is 1.59. The fraction of sp³-hybridized carbons (Fsp3) is 0.450. The minimum atomic E-state index is -4.55. The SMILES string of the molecule is Cl.O=C(NCC(c1ccsc1)N1CCCCCC1)c1ccccc1C(F)(F)F. The lowest BCUT2D eigenvalue weighted by Gasteiger charge is -2.30. The van der Waals surface area contributed by atoms with E-state index in [1.165, 1.54) is 31.0 Å². The van der Waals surface area contributed by atoms with E-state index in [-0.39, 0.29) is 24.0 Å². The van der Waals surface area contributed by atoms with E-state index in [9.17, 15) is 18.0 Å². The van der Waals surface area contributed by atoms with Crippen molar-refractivity contribution in [1.29, 1.82) is 0 Å². The molecule has 3 rings (SSSR count). The largest absolute Gasteiger partial charge is 0.417 e. The zero-order valence-corrected chi connectivity index (χ0v) is 17.0. The van der Waals surface area contributed by atoms with Gasteiger partial charge in [0.15, 0.2) is 0 Å².